The van der Waals surface area contributed by atoms with E-state index >= 15 is 0 Å². The van der Waals surface area contributed by atoms with Gasteiger partial charge in [0.25, 0.3) is 0 Å². The predicted molar refractivity (Wildman–Crippen MR) is 135 cm³/mol. The number of aromatic nitrogens is 2. The van der Waals surface area contributed by atoms with Crippen molar-refractivity contribution in [2.75, 3.05) is 35.7 Å². The summed E-state index contributed by atoms with van der Waals surface area (Å²) in [6, 6.07) is 8.28. The molecule has 6 rings (SSSR count). The number of benzene rings is 1. The van der Waals surface area contributed by atoms with Crippen molar-refractivity contribution in [1.29, 1.82) is 0 Å². The predicted octanol–water partition coefficient (Wildman–Crippen LogP) is 3.38. The Kier molecular flexibility index (Phi) is 5.46. The van der Waals surface area contributed by atoms with E-state index in [4.69, 9.17) is 16.4 Å². The fourth-order valence-corrected chi connectivity index (χ4v) is 7.17. The highest BCUT2D eigenvalue weighted by atomic mass is 32.2. The lowest BCUT2D eigenvalue weighted by Crippen LogP contribution is -2.49. The summed E-state index contributed by atoms with van der Waals surface area (Å²) in [6.07, 6.45) is 13.6. The molecule has 0 amide bonds. The summed E-state index contributed by atoms with van der Waals surface area (Å²) in [7, 11) is -1.09. The third-order valence-corrected chi connectivity index (χ3v) is 9.53. The quantitative estimate of drug-likeness (QED) is 0.647. The lowest BCUT2D eigenvalue weighted by Gasteiger charge is -2.42. The molecular formula is C27H30N4O2S. The summed E-state index contributed by atoms with van der Waals surface area (Å²) in [5.41, 5.74) is 4.14. The maximum Gasteiger partial charge on any atom is 0.227 e. The number of hydrogen-bond donors (Lipinski definition) is 2. The van der Waals surface area contributed by atoms with E-state index in [0.29, 0.717) is 23.4 Å². The zero-order valence-electron chi connectivity index (χ0n) is 19.3. The van der Waals surface area contributed by atoms with Crippen molar-refractivity contribution in [2.24, 2.45) is 11.8 Å². The van der Waals surface area contributed by atoms with Crippen LogP contribution in [0, 0.1) is 24.2 Å². The van der Waals surface area contributed by atoms with Crippen LogP contribution < -0.4 is 10.2 Å². The molecule has 0 unspecified atom stereocenters. The highest BCUT2D eigenvalue weighted by Crippen LogP contribution is 2.43. The van der Waals surface area contributed by atoms with Gasteiger partial charge in [-0.3, -0.25) is 4.21 Å². The van der Waals surface area contributed by atoms with Gasteiger partial charge < -0.3 is 15.3 Å². The number of aliphatic hydroxyl groups is 1. The minimum atomic E-state index is -1.09. The molecule has 6 nitrogen and oxygen atoms in total. The van der Waals surface area contributed by atoms with E-state index in [1.54, 1.807) is 0 Å². The molecule has 2 aliphatic heterocycles. The van der Waals surface area contributed by atoms with Crippen LogP contribution in [0.5, 0.6) is 0 Å². The Morgan fingerprint density at radius 1 is 1.21 bits per heavy atom. The summed E-state index contributed by atoms with van der Waals surface area (Å²) in [6.45, 7) is 1.88. The van der Waals surface area contributed by atoms with Crippen LogP contribution in [0.2, 0.25) is 0 Å². The van der Waals surface area contributed by atoms with Crippen LogP contribution in [0.4, 0.5) is 11.8 Å². The molecule has 0 radical (unpaired) electrons. The van der Waals surface area contributed by atoms with Crippen molar-refractivity contribution in [3.8, 4) is 12.3 Å². The van der Waals surface area contributed by atoms with Crippen LogP contribution in [0.1, 0.15) is 48.9 Å². The molecule has 2 aliphatic carbocycles. The number of hydrogen-bond acceptors (Lipinski definition) is 6. The van der Waals surface area contributed by atoms with Crippen molar-refractivity contribution in [3.05, 3.63) is 47.2 Å². The number of anilines is 2. The largest absolute Gasteiger partial charge is 0.394 e. The topological polar surface area (TPSA) is 78.3 Å². The SMILES string of the molecule is C#Cc1ccc(C2=C[C@H]3CN(c4nc5c(c(NC6(CO)CCC6)n4)[S@](=O)CCC5)C[C@H]3C2)cc1. The molecule has 1 aromatic heterocycles. The first-order valence-corrected chi connectivity index (χ1v) is 13.6. The number of aryl methyl sites for hydroxylation is 1. The summed E-state index contributed by atoms with van der Waals surface area (Å²) in [5, 5.41) is 13.5. The van der Waals surface area contributed by atoms with Gasteiger partial charge in [0.15, 0.2) is 0 Å². The lowest BCUT2D eigenvalue weighted by atomic mass is 9.77. The van der Waals surface area contributed by atoms with Gasteiger partial charge in [-0.2, -0.15) is 4.98 Å². The van der Waals surface area contributed by atoms with E-state index in [-0.39, 0.29) is 12.1 Å². The Labute approximate surface area is 203 Å². The zero-order chi connectivity index (χ0) is 23.3. The highest BCUT2D eigenvalue weighted by Gasteiger charge is 2.40. The van der Waals surface area contributed by atoms with Crippen LogP contribution in [0.15, 0.2) is 35.2 Å². The van der Waals surface area contributed by atoms with Crippen molar-refractivity contribution in [1.82, 2.24) is 9.97 Å². The maximum atomic E-state index is 12.9. The maximum absolute atomic E-state index is 12.9. The Bertz CT molecular complexity index is 1210. The standard InChI is InChI=1S/C27H30N4O2S/c1-2-18-6-8-19(9-7-18)20-13-21-15-31(16-22(21)14-20)26-28-23-5-3-12-34(33)24(23)25(29-26)30-27(17-32)10-4-11-27/h1,6-9,13,21-22,32H,3-5,10-12,14-17H2,(H,28,29,30)/t21-,22+,34+/m0/s1. The van der Waals surface area contributed by atoms with Gasteiger partial charge >= 0.3 is 0 Å². The van der Waals surface area contributed by atoms with Crippen molar-refractivity contribution in [3.63, 3.8) is 0 Å². The van der Waals surface area contributed by atoms with Gasteiger partial charge in [0, 0.05) is 24.4 Å². The minimum absolute atomic E-state index is 0.0670. The van der Waals surface area contributed by atoms with E-state index < -0.39 is 10.8 Å². The average Bonchev–Trinajstić information content (AvgIpc) is 3.41. The Morgan fingerprint density at radius 2 is 2.03 bits per heavy atom. The molecule has 3 atom stereocenters. The van der Waals surface area contributed by atoms with E-state index in [2.05, 4.69) is 34.3 Å². The van der Waals surface area contributed by atoms with Gasteiger partial charge in [-0.25, -0.2) is 4.98 Å². The number of rotatable bonds is 5. The third kappa shape index (κ3) is 3.73. The number of fused-ring (bicyclic) bond motifs is 2. The number of terminal acetylenes is 1. The second-order valence-electron chi connectivity index (χ2n) is 10.2. The molecule has 1 saturated carbocycles. The summed E-state index contributed by atoms with van der Waals surface area (Å²) < 4.78 is 12.9. The van der Waals surface area contributed by atoms with Crippen molar-refractivity contribution in [2.45, 2.75) is 49.0 Å². The minimum Gasteiger partial charge on any atom is -0.394 e. The molecule has 176 valence electrons. The zero-order valence-corrected chi connectivity index (χ0v) is 20.1. The van der Waals surface area contributed by atoms with Gasteiger partial charge in [0.05, 0.1) is 28.6 Å². The monoisotopic (exact) mass is 474 g/mol. The van der Waals surface area contributed by atoms with Gasteiger partial charge in [-0.1, -0.05) is 24.1 Å². The first-order valence-electron chi connectivity index (χ1n) is 12.3. The van der Waals surface area contributed by atoms with Gasteiger partial charge in [-0.15, -0.1) is 6.42 Å². The fourth-order valence-electron chi connectivity index (χ4n) is 5.84. The molecule has 2 fully saturated rings. The van der Waals surface area contributed by atoms with E-state index in [9.17, 15) is 9.32 Å². The number of aliphatic hydroxyl groups excluding tert-OH is 1. The van der Waals surface area contributed by atoms with Crippen LogP contribution in [-0.4, -0.2) is 50.3 Å². The average molecular weight is 475 g/mol. The second-order valence-corrected chi connectivity index (χ2v) is 11.7. The van der Waals surface area contributed by atoms with Crippen LogP contribution >= 0.6 is 0 Å². The molecule has 34 heavy (non-hydrogen) atoms. The first-order chi connectivity index (χ1) is 16.6. The number of nitrogens with one attached hydrogen (secondary N) is 1. The summed E-state index contributed by atoms with van der Waals surface area (Å²) in [5.74, 6) is 5.76. The van der Waals surface area contributed by atoms with E-state index in [1.165, 1.54) is 11.1 Å². The molecule has 1 aromatic carbocycles. The smallest absolute Gasteiger partial charge is 0.227 e. The number of allylic oxidation sites excluding steroid dienone is 1. The van der Waals surface area contributed by atoms with E-state index in [1.807, 2.05) is 12.1 Å². The van der Waals surface area contributed by atoms with Crippen LogP contribution in [-0.2, 0) is 17.2 Å². The molecule has 3 heterocycles. The lowest BCUT2D eigenvalue weighted by molar-refractivity contribution is 0.143. The highest BCUT2D eigenvalue weighted by molar-refractivity contribution is 7.85. The molecule has 2 aromatic rings. The molecule has 1 saturated heterocycles. The van der Waals surface area contributed by atoms with Gasteiger partial charge in [0.1, 0.15) is 10.7 Å². The van der Waals surface area contributed by atoms with Crippen LogP contribution in [0.3, 0.4) is 0 Å². The molecular weight excluding hydrogens is 444 g/mol. The molecule has 0 spiro atoms. The summed E-state index contributed by atoms with van der Waals surface area (Å²) in [4.78, 5) is 12.9. The Hall–Kier alpha value is -2.69. The molecule has 4 aliphatic rings. The molecule has 2 N–H and O–H groups in total. The van der Waals surface area contributed by atoms with Gasteiger partial charge in [-0.05, 0) is 73.6 Å². The summed E-state index contributed by atoms with van der Waals surface area (Å²) >= 11 is 0. The molecule has 7 heteroatoms. The first kappa shape index (κ1) is 21.8. The second kappa shape index (κ2) is 8.51. The molecule has 0 bridgehead atoms. The van der Waals surface area contributed by atoms with Gasteiger partial charge in [0.2, 0.25) is 5.95 Å². The Balaban J connectivity index is 1.26. The Morgan fingerprint density at radius 3 is 2.71 bits per heavy atom. The number of nitrogens with zero attached hydrogens (tertiary/aromatic N) is 3. The van der Waals surface area contributed by atoms with Crippen molar-refractivity contribution < 1.29 is 9.32 Å². The van der Waals surface area contributed by atoms with Crippen molar-refractivity contribution >= 4 is 28.1 Å². The van der Waals surface area contributed by atoms with Crippen LogP contribution in [0.25, 0.3) is 5.57 Å². The van der Waals surface area contributed by atoms with E-state index in [0.717, 1.165) is 73.7 Å². The fraction of sp³-hybridized carbons (Fsp3) is 0.481. The normalized spacial score (nSPS) is 26.8. The third-order valence-electron chi connectivity index (χ3n) is 7.99.